The molecular weight excluding hydrogens is 319 g/mol. The van der Waals surface area contributed by atoms with Crippen LogP contribution in [0.5, 0.6) is 0 Å². The van der Waals surface area contributed by atoms with E-state index in [1.807, 2.05) is 31.2 Å². The Hall–Kier alpha value is -2.63. The number of carbonyl (C=O) groups is 1. The van der Waals surface area contributed by atoms with Gasteiger partial charge in [-0.3, -0.25) is 4.98 Å². The summed E-state index contributed by atoms with van der Waals surface area (Å²) in [6, 6.07) is 10.1. The molecule has 3 rings (SSSR count). The van der Waals surface area contributed by atoms with E-state index in [-0.39, 0.29) is 11.8 Å². The molecule has 0 spiro atoms. The third-order valence-corrected chi connectivity index (χ3v) is 4.35. The Morgan fingerprint density at radius 3 is 2.76 bits per heavy atom. The highest BCUT2D eigenvalue weighted by atomic mass is 19.1. The average molecular weight is 342 g/mol. The molecule has 1 aromatic carbocycles. The second-order valence-electron chi connectivity index (χ2n) is 6.16. The van der Waals surface area contributed by atoms with Gasteiger partial charge in [-0.25, -0.2) is 9.18 Å². The van der Waals surface area contributed by atoms with Gasteiger partial charge in [-0.1, -0.05) is 6.07 Å². The fourth-order valence-corrected chi connectivity index (χ4v) is 3.02. The molecule has 0 unspecified atom stereocenters. The normalized spacial score (nSPS) is 13.8. The molecule has 2 heterocycles. The van der Waals surface area contributed by atoms with E-state index < -0.39 is 0 Å². The van der Waals surface area contributed by atoms with Gasteiger partial charge in [0.25, 0.3) is 0 Å². The second kappa shape index (κ2) is 7.96. The molecule has 25 heavy (non-hydrogen) atoms. The molecule has 1 aliphatic rings. The van der Waals surface area contributed by atoms with E-state index in [9.17, 15) is 9.18 Å². The Morgan fingerprint density at radius 2 is 2.08 bits per heavy atom. The number of rotatable bonds is 5. The highest BCUT2D eigenvalue weighted by Gasteiger charge is 2.16. The fourth-order valence-electron chi connectivity index (χ4n) is 3.02. The number of hydrogen-bond donors (Lipinski definition) is 1. The first kappa shape index (κ1) is 17.2. The Labute approximate surface area is 147 Å². The zero-order valence-electron chi connectivity index (χ0n) is 14.4. The van der Waals surface area contributed by atoms with E-state index in [0.29, 0.717) is 18.8 Å². The van der Waals surface area contributed by atoms with Crippen LogP contribution in [-0.4, -0.2) is 35.5 Å². The van der Waals surface area contributed by atoms with Crippen LogP contribution in [0.4, 0.5) is 20.6 Å². The Balaban J connectivity index is 1.70. The van der Waals surface area contributed by atoms with E-state index in [0.717, 1.165) is 37.3 Å². The summed E-state index contributed by atoms with van der Waals surface area (Å²) >= 11 is 0. The number of carbonyl (C=O) groups excluding carboxylic acids is 1. The zero-order chi connectivity index (χ0) is 17.6. The minimum absolute atomic E-state index is 0.258. The van der Waals surface area contributed by atoms with Crippen molar-refractivity contribution < 1.29 is 9.18 Å². The predicted molar refractivity (Wildman–Crippen MR) is 97.2 cm³/mol. The van der Waals surface area contributed by atoms with Crippen LogP contribution >= 0.6 is 0 Å². The third kappa shape index (κ3) is 4.47. The molecule has 0 aliphatic carbocycles. The van der Waals surface area contributed by atoms with E-state index in [1.165, 1.54) is 12.1 Å². The predicted octanol–water partition coefficient (Wildman–Crippen LogP) is 3.87. The first-order valence-corrected chi connectivity index (χ1v) is 8.67. The lowest BCUT2D eigenvalue weighted by Crippen LogP contribution is -2.34. The monoisotopic (exact) mass is 342 g/mol. The highest BCUT2D eigenvalue weighted by molar-refractivity contribution is 5.90. The van der Waals surface area contributed by atoms with Crippen molar-refractivity contribution in [3.8, 4) is 0 Å². The minimum atomic E-state index is -0.340. The van der Waals surface area contributed by atoms with Crippen molar-refractivity contribution in [2.75, 3.05) is 29.9 Å². The maximum absolute atomic E-state index is 14.0. The average Bonchev–Trinajstić information content (AvgIpc) is 3.14. The summed E-state index contributed by atoms with van der Waals surface area (Å²) in [4.78, 5) is 20.6. The Kier molecular flexibility index (Phi) is 5.48. The third-order valence-electron chi connectivity index (χ3n) is 4.35. The van der Waals surface area contributed by atoms with Crippen LogP contribution in [-0.2, 0) is 6.54 Å². The fraction of sp³-hybridized carbons (Fsp3) is 0.368. The van der Waals surface area contributed by atoms with E-state index in [1.54, 1.807) is 11.1 Å². The minimum Gasteiger partial charge on any atom is -0.371 e. The quantitative estimate of drug-likeness (QED) is 0.897. The lowest BCUT2D eigenvalue weighted by molar-refractivity contribution is 0.211. The number of nitrogens with one attached hydrogen (secondary N) is 1. The molecule has 0 atom stereocenters. The molecule has 0 radical (unpaired) electrons. The van der Waals surface area contributed by atoms with Crippen LogP contribution in [0.2, 0.25) is 0 Å². The summed E-state index contributed by atoms with van der Waals surface area (Å²) in [5, 5.41) is 2.81. The van der Waals surface area contributed by atoms with E-state index in [4.69, 9.17) is 0 Å². The number of amides is 2. The van der Waals surface area contributed by atoms with Gasteiger partial charge in [0.05, 0.1) is 12.2 Å². The molecule has 2 aromatic rings. The second-order valence-corrected chi connectivity index (χ2v) is 6.16. The molecule has 1 aliphatic heterocycles. The van der Waals surface area contributed by atoms with Crippen LogP contribution in [0.15, 0.2) is 42.6 Å². The number of urea groups is 1. The van der Waals surface area contributed by atoms with Gasteiger partial charge < -0.3 is 15.1 Å². The molecule has 1 fully saturated rings. The molecule has 1 saturated heterocycles. The highest BCUT2D eigenvalue weighted by Crippen LogP contribution is 2.25. The molecule has 0 bridgehead atoms. The van der Waals surface area contributed by atoms with E-state index >= 15 is 0 Å². The first-order valence-electron chi connectivity index (χ1n) is 8.67. The van der Waals surface area contributed by atoms with Crippen LogP contribution < -0.4 is 10.2 Å². The molecular formula is C19H23FN4O. The van der Waals surface area contributed by atoms with Gasteiger partial charge in [-0.05, 0) is 50.1 Å². The van der Waals surface area contributed by atoms with Crippen molar-refractivity contribution in [3.63, 3.8) is 0 Å². The summed E-state index contributed by atoms with van der Waals surface area (Å²) in [6.07, 6.45) is 3.94. The molecule has 6 heteroatoms. The molecule has 132 valence electrons. The van der Waals surface area contributed by atoms with Gasteiger partial charge in [0.2, 0.25) is 0 Å². The first-order chi connectivity index (χ1) is 12.2. The van der Waals surface area contributed by atoms with Crippen molar-refractivity contribution in [1.82, 2.24) is 9.88 Å². The number of aromatic nitrogens is 1. The number of halogens is 1. The number of hydrogen-bond acceptors (Lipinski definition) is 3. The molecule has 0 saturated carbocycles. The standard InChI is InChI=1S/C19H23FN4O/c1-2-23(14-16-7-3-4-8-21-16)19(25)22-17-11-15(20)12-18(13-17)24-9-5-6-10-24/h3-4,7-8,11-13H,2,5-6,9-10,14H2,1H3,(H,22,25). The van der Waals surface area contributed by atoms with Gasteiger partial charge in [-0.2, -0.15) is 0 Å². The van der Waals surface area contributed by atoms with E-state index in [2.05, 4.69) is 15.2 Å². The number of anilines is 2. The van der Waals surface area contributed by atoms with Crippen molar-refractivity contribution in [1.29, 1.82) is 0 Å². The van der Waals surface area contributed by atoms with Crippen LogP contribution in [0.1, 0.15) is 25.5 Å². The van der Waals surface area contributed by atoms with Gasteiger partial charge in [-0.15, -0.1) is 0 Å². The van der Waals surface area contributed by atoms with Crippen molar-refractivity contribution >= 4 is 17.4 Å². The largest absolute Gasteiger partial charge is 0.371 e. The summed E-state index contributed by atoms with van der Waals surface area (Å²) < 4.78 is 14.0. The van der Waals surface area contributed by atoms with Crippen molar-refractivity contribution in [2.24, 2.45) is 0 Å². The number of nitrogens with zero attached hydrogens (tertiary/aromatic N) is 3. The van der Waals surface area contributed by atoms with Crippen molar-refractivity contribution in [3.05, 3.63) is 54.1 Å². The van der Waals surface area contributed by atoms with Crippen molar-refractivity contribution in [2.45, 2.75) is 26.3 Å². The lowest BCUT2D eigenvalue weighted by Gasteiger charge is -2.22. The van der Waals surface area contributed by atoms with Gasteiger partial charge in [0.15, 0.2) is 0 Å². The number of benzene rings is 1. The van der Waals surface area contributed by atoms with Crippen LogP contribution in [0.3, 0.4) is 0 Å². The van der Waals surface area contributed by atoms with Crippen LogP contribution in [0, 0.1) is 5.82 Å². The molecule has 1 N–H and O–H groups in total. The molecule has 1 aromatic heterocycles. The van der Waals surface area contributed by atoms with Gasteiger partial charge in [0, 0.05) is 37.2 Å². The van der Waals surface area contributed by atoms with Gasteiger partial charge in [0.1, 0.15) is 5.82 Å². The SMILES string of the molecule is CCN(Cc1ccccn1)C(=O)Nc1cc(F)cc(N2CCCC2)c1. The number of pyridine rings is 1. The summed E-state index contributed by atoms with van der Waals surface area (Å²) in [7, 11) is 0. The maximum atomic E-state index is 14.0. The Morgan fingerprint density at radius 1 is 1.28 bits per heavy atom. The zero-order valence-corrected chi connectivity index (χ0v) is 14.4. The summed E-state index contributed by atoms with van der Waals surface area (Å²) in [6.45, 7) is 4.72. The summed E-state index contributed by atoms with van der Waals surface area (Å²) in [5.74, 6) is -0.340. The maximum Gasteiger partial charge on any atom is 0.322 e. The summed E-state index contributed by atoms with van der Waals surface area (Å²) in [5.41, 5.74) is 2.11. The van der Waals surface area contributed by atoms with Gasteiger partial charge >= 0.3 is 6.03 Å². The van der Waals surface area contributed by atoms with Crippen LogP contribution in [0.25, 0.3) is 0 Å². The smallest absolute Gasteiger partial charge is 0.322 e. The lowest BCUT2D eigenvalue weighted by atomic mass is 10.2. The Bertz CT molecular complexity index is 717. The topological polar surface area (TPSA) is 48.5 Å². The molecule has 5 nitrogen and oxygen atoms in total. The molecule has 2 amide bonds.